The molecule has 0 aromatic heterocycles. The lowest BCUT2D eigenvalue weighted by Crippen LogP contribution is -2.20. The Morgan fingerprint density at radius 2 is 0.943 bits per heavy atom. The number of hydrogen-bond donors (Lipinski definition) is 0. The summed E-state index contributed by atoms with van der Waals surface area (Å²) in [6.45, 7) is 5.77. The third kappa shape index (κ3) is 9.49. The van der Waals surface area contributed by atoms with Crippen LogP contribution in [0.15, 0.2) is 42.2 Å². The maximum absolute atomic E-state index is 6.19. The molecule has 0 amide bonds. The van der Waals surface area contributed by atoms with Gasteiger partial charge in [-0.15, -0.1) is 0 Å². The lowest BCUT2D eigenvalue weighted by atomic mass is 9.78. The zero-order valence-electron chi connectivity index (χ0n) is 19.5. The second-order valence-corrected chi connectivity index (χ2v) is 15.1. The van der Waals surface area contributed by atoms with Crippen LogP contribution in [0.3, 0.4) is 0 Å². The van der Waals surface area contributed by atoms with Crippen LogP contribution in [0.5, 0.6) is 11.5 Å². The number of hydrogen-bond acceptors (Lipinski definition) is 2. The van der Waals surface area contributed by atoms with Gasteiger partial charge in [0.25, 0.3) is 0 Å². The van der Waals surface area contributed by atoms with Crippen LogP contribution in [0.2, 0.25) is 0 Å². The van der Waals surface area contributed by atoms with Gasteiger partial charge in [0, 0.05) is 38.6 Å². The molecule has 2 unspecified atom stereocenters. The monoisotopic (exact) mass is 992 g/mol. The summed E-state index contributed by atoms with van der Waals surface area (Å²) in [5.74, 6) is 2.56. The fourth-order valence-electron chi connectivity index (χ4n) is 3.40. The zero-order chi connectivity index (χ0) is 26.2. The van der Waals surface area contributed by atoms with Crippen LogP contribution in [-0.2, 0) is 5.41 Å². The van der Waals surface area contributed by atoms with Crippen molar-refractivity contribution < 1.29 is 9.47 Å². The predicted molar refractivity (Wildman–Crippen MR) is 178 cm³/mol. The molecule has 2 aromatic rings. The van der Waals surface area contributed by atoms with Gasteiger partial charge in [0.05, 0.1) is 31.1 Å². The molecule has 0 heterocycles. The number of benzene rings is 2. The highest BCUT2D eigenvalue weighted by atomic mass is 79.9. The van der Waals surface area contributed by atoms with Gasteiger partial charge >= 0.3 is 0 Å². The van der Waals surface area contributed by atoms with Crippen LogP contribution in [0.25, 0.3) is 0 Å². The summed E-state index contributed by atoms with van der Waals surface area (Å²) in [4.78, 5) is 0. The van der Waals surface area contributed by atoms with Crippen molar-refractivity contribution in [3.63, 3.8) is 0 Å². The van der Waals surface area contributed by atoms with E-state index in [1.54, 1.807) is 0 Å². The minimum absolute atomic E-state index is 0.254. The standard InChI is InChI=1S/C25H28Br8O2/c1-25(2,17-7-19(30)23(20(31)8-17)34-13-15(11-28)3-5-26)18-9-21(32)24(22(33)10-18)35-14-16(12-29)4-6-27/h7-10,15-16H,3-6,11-14H2,1-2H3. The molecule has 2 nitrogen and oxygen atoms in total. The van der Waals surface area contributed by atoms with E-state index in [4.69, 9.17) is 9.47 Å². The van der Waals surface area contributed by atoms with Gasteiger partial charge in [0.15, 0.2) is 0 Å². The van der Waals surface area contributed by atoms with Crippen molar-refractivity contribution in [2.45, 2.75) is 32.1 Å². The molecule has 0 aliphatic rings. The highest BCUT2D eigenvalue weighted by molar-refractivity contribution is 9.11. The van der Waals surface area contributed by atoms with Crippen molar-refractivity contribution in [1.29, 1.82) is 0 Å². The molecule has 0 aliphatic heterocycles. The van der Waals surface area contributed by atoms with E-state index < -0.39 is 0 Å². The first-order valence-electron chi connectivity index (χ1n) is 11.1. The van der Waals surface area contributed by atoms with Gasteiger partial charge in [-0.2, -0.15) is 0 Å². The molecule has 0 radical (unpaired) electrons. The van der Waals surface area contributed by atoms with Gasteiger partial charge in [-0.05, 0) is 112 Å². The van der Waals surface area contributed by atoms with E-state index in [0.29, 0.717) is 25.0 Å². The summed E-state index contributed by atoms with van der Waals surface area (Å²) < 4.78 is 16.1. The van der Waals surface area contributed by atoms with Crippen LogP contribution in [0.4, 0.5) is 0 Å². The molecular weight excluding hydrogens is 972 g/mol. The van der Waals surface area contributed by atoms with Gasteiger partial charge in [-0.25, -0.2) is 0 Å². The molecule has 35 heavy (non-hydrogen) atoms. The fraction of sp³-hybridized carbons (Fsp3) is 0.520. The van der Waals surface area contributed by atoms with Crippen molar-refractivity contribution >= 4 is 127 Å². The quantitative estimate of drug-likeness (QED) is 0.176. The van der Waals surface area contributed by atoms with E-state index >= 15 is 0 Å². The summed E-state index contributed by atoms with van der Waals surface area (Å²) in [6, 6.07) is 8.61. The van der Waals surface area contributed by atoms with Crippen molar-refractivity contribution in [3.05, 3.63) is 53.3 Å². The van der Waals surface area contributed by atoms with E-state index in [2.05, 4.69) is 166 Å². The highest BCUT2D eigenvalue weighted by Gasteiger charge is 2.27. The van der Waals surface area contributed by atoms with Gasteiger partial charge in [-0.3, -0.25) is 0 Å². The lowest BCUT2D eigenvalue weighted by molar-refractivity contribution is 0.258. The summed E-state index contributed by atoms with van der Waals surface area (Å²) in [7, 11) is 0. The maximum atomic E-state index is 6.19. The maximum Gasteiger partial charge on any atom is 0.147 e. The molecule has 0 aliphatic carbocycles. The van der Waals surface area contributed by atoms with Crippen LogP contribution >= 0.6 is 127 Å². The second-order valence-electron chi connectivity index (χ2n) is 8.78. The first kappa shape index (κ1) is 33.1. The summed E-state index contributed by atoms with van der Waals surface area (Å²) in [5, 5.41) is 3.75. The molecule has 10 heteroatoms. The predicted octanol–water partition coefficient (Wildman–Crippen LogP) is 11.4. The topological polar surface area (TPSA) is 18.5 Å². The minimum atomic E-state index is -0.254. The largest absolute Gasteiger partial charge is 0.491 e. The first-order valence-corrected chi connectivity index (χ1v) is 18.7. The van der Waals surface area contributed by atoms with Gasteiger partial charge in [-0.1, -0.05) is 77.6 Å². The van der Waals surface area contributed by atoms with Crippen molar-refractivity contribution in [1.82, 2.24) is 0 Å². The van der Waals surface area contributed by atoms with E-state index in [9.17, 15) is 0 Å². The van der Waals surface area contributed by atoms with Crippen LogP contribution in [0.1, 0.15) is 37.8 Å². The van der Waals surface area contributed by atoms with Crippen LogP contribution in [0, 0.1) is 11.8 Å². The summed E-state index contributed by atoms with van der Waals surface area (Å²) in [5.41, 5.74) is 2.09. The number of halogens is 8. The highest BCUT2D eigenvalue weighted by Crippen LogP contribution is 2.44. The Morgan fingerprint density at radius 3 is 1.20 bits per heavy atom. The molecule has 2 aromatic carbocycles. The SMILES string of the molecule is CC(C)(c1cc(Br)c(OCC(CBr)CCBr)c(Br)c1)c1cc(Br)c(OCC(CBr)CCBr)c(Br)c1. The van der Waals surface area contributed by atoms with E-state index in [1.807, 2.05) is 0 Å². The number of ether oxygens (including phenoxy) is 2. The van der Waals surface area contributed by atoms with Crippen LogP contribution in [-0.4, -0.2) is 34.5 Å². The molecule has 196 valence electrons. The number of rotatable bonds is 14. The summed E-state index contributed by atoms with van der Waals surface area (Å²) in [6.07, 6.45) is 2.12. The number of alkyl halides is 4. The summed E-state index contributed by atoms with van der Waals surface area (Å²) >= 11 is 29.2. The normalized spacial score (nSPS) is 13.5. The lowest BCUT2D eigenvalue weighted by Gasteiger charge is -2.29. The molecule has 0 saturated heterocycles. The second kappa shape index (κ2) is 16.2. The average molecular weight is 1000 g/mol. The van der Waals surface area contributed by atoms with Gasteiger partial charge in [0.1, 0.15) is 11.5 Å². The molecule has 0 fully saturated rings. The van der Waals surface area contributed by atoms with Gasteiger partial charge < -0.3 is 9.47 Å². The van der Waals surface area contributed by atoms with Crippen LogP contribution < -0.4 is 9.47 Å². The molecule has 0 spiro atoms. The van der Waals surface area contributed by atoms with Crippen molar-refractivity contribution in [3.8, 4) is 11.5 Å². The van der Waals surface area contributed by atoms with Crippen molar-refractivity contribution in [2.75, 3.05) is 34.5 Å². The molecule has 2 atom stereocenters. The van der Waals surface area contributed by atoms with Gasteiger partial charge in [0.2, 0.25) is 0 Å². The Morgan fingerprint density at radius 1 is 0.629 bits per heavy atom. The molecular formula is C25H28Br8O2. The molecule has 2 rings (SSSR count). The molecule has 0 saturated carbocycles. The first-order chi connectivity index (χ1) is 16.6. The Balaban J connectivity index is 2.28. The smallest absolute Gasteiger partial charge is 0.147 e. The third-order valence-electron chi connectivity index (χ3n) is 5.84. The Labute approximate surface area is 276 Å². The van der Waals surface area contributed by atoms with E-state index in [0.717, 1.165) is 63.6 Å². The average Bonchev–Trinajstić information content (AvgIpc) is 2.81. The Hall–Kier alpha value is 1.88. The van der Waals surface area contributed by atoms with E-state index in [-0.39, 0.29) is 5.41 Å². The zero-order valence-corrected chi connectivity index (χ0v) is 32.1. The molecule has 0 bridgehead atoms. The minimum Gasteiger partial charge on any atom is -0.491 e. The third-order valence-corrected chi connectivity index (χ3v) is 10.9. The van der Waals surface area contributed by atoms with E-state index in [1.165, 1.54) is 11.1 Å². The Kier molecular flexibility index (Phi) is 15.3. The van der Waals surface area contributed by atoms with Crippen molar-refractivity contribution in [2.24, 2.45) is 11.8 Å². The Bertz CT molecular complexity index is 845. The fourth-order valence-corrected chi connectivity index (χ4v) is 8.55. The molecule has 0 N–H and O–H groups in total.